The molecule has 0 saturated heterocycles. The molecule has 1 aromatic heterocycles. The van der Waals surface area contributed by atoms with E-state index < -0.39 is 5.67 Å². The van der Waals surface area contributed by atoms with Crippen LogP contribution in [0.1, 0.15) is 52.3 Å². The summed E-state index contributed by atoms with van der Waals surface area (Å²) in [5.41, 5.74) is 5.01. The Kier molecular flexibility index (Phi) is 5.32. The summed E-state index contributed by atoms with van der Waals surface area (Å²) in [6.45, 7) is 8.06. The lowest BCUT2D eigenvalue weighted by atomic mass is 9.88. The predicted octanol–water partition coefficient (Wildman–Crippen LogP) is 3.11. The molecule has 1 rings (SSSR count). The van der Waals surface area contributed by atoms with Crippen LogP contribution >= 0.6 is 0 Å². The van der Waals surface area contributed by atoms with E-state index in [-0.39, 0.29) is 12.5 Å². The monoisotopic (exact) mass is 255 g/mol. The summed E-state index contributed by atoms with van der Waals surface area (Å²) in [7, 11) is 0. The Hall–Kier alpha value is -0.900. The van der Waals surface area contributed by atoms with Gasteiger partial charge in [-0.2, -0.15) is 5.10 Å². The first-order valence-electron chi connectivity index (χ1n) is 6.89. The Morgan fingerprint density at radius 2 is 2.00 bits per heavy atom. The molecule has 0 aliphatic heterocycles. The average Bonchev–Trinajstić information content (AvgIpc) is 2.78. The highest BCUT2D eigenvalue weighted by Gasteiger charge is 2.33. The molecule has 18 heavy (non-hydrogen) atoms. The standard InChI is InChI=1S/C14H26FN3/c1-5-13(6-2)18-8-7-12(17-18)9-14(15,10-16)11(3)4/h7-8,11,13H,5-6,9-10,16H2,1-4H3. The molecule has 0 aromatic carbocycles. The second-order valence-electron chi connectivity index (χ2n) is 5.33. The summed E-state index contributed by atoms with van der Waals surface area (Å²) in [5, 5.41) is 4.49. The van der Waals surface area contributed by atoms with Gasteiger partial charge in [-0.3, -0.25) is 4.68 Å². The van der Waals surface area contributed by atoms with E-state index in [0.29, 0.717) is 12.5 Å². The first-order valence-corrected chi connectivity index (χ1v) is 6.89. The zero-order chi connectivity index (χ0) is 13.8. The van der Waals surface area contributed by atoms with E-state index in [2.05, 4.69) is 18.9 Å². The van der Waals surface area contributed by atoms with E-state index in [9.17, 15) is 4.39 Å². The van der Waals surface area contributed by atoms with Gasteiger partial charge in [0.1, 0.15) is 5.67 Å². The van der Waals surface area contributed by atoms with Crippen molar-refractivity contribution >= 4 is 0 Å². The van der Waals surface area contributed by atoms with Crippen LogP contribution in [0.25, 0.3) is 0 Å². The molecule has 1 unspecified atom stereocenters. The van der Waals surface area contributed by atoms with E-state index in [0.717, 1.165) is 18.5 Å². The van der Waals surface area contributed by atoms with E-state index in [1.165, 1.54) is 0 Å². The van der Waals surface area contributed by atoms with Gasteiger partial charge in [-0.25, -0.2) is 4.39 Å². The lowest BCUT2D eigenvalue weighted by Gasteiger charge is -2.27. The van der Waals surface area contributed by atoms with Gasteiger partial charge in [0.25, 0.3) is 0 Å². The Bertz CT molecular complexity index is 358. The Morgan fingerprint density at radius 1 is 1.39 bits per heavy atom. The van der Waals surface area contributed by atoms with Gasteiger partial charge in [0.2, 0.25) is 0 Å². The van der Waals surface area contributed by atoms with Gasteiger partial charge in [-0.15, -0.1) is 0 Å². The minimum atomic E-state index is -1.35. The smallest absolute Gasteiger partial charge is 0.131 e. The van der Waals surface area contributed by atoms with Crippen molar-refractivity contribution in [3.8, 4) is 0 Å². The number of hydrogen-bond donors (Lipinski definition) is 1. The molecule has 0 amide bonds. The summed E-state index contributed by atoms with van der Waals surface area (Å²) in [6.07, 6.45) is 4.33. The highest BCUT2D eigenvalue weighted by Crippen LogP contribution is 2.25. The summed E-state index contributed by atoms with van der Waals surface area (Å²) in [6, 6.07) is 2.31. The number of alkyl halides is 1. The van der Waals surface area contributed by atoms with Gasteiger partial charge >= 0.3 is 0 Å². The van der Waals surface area contributed by atoms with Crippen molar-refractivity contribution in [2.75, 3.05) is 6.54 Å². The molecule has 0 fully saturated rings. The van der Waals surface area contributed by atoms with Crippen molar-refractivity contribution < 1.29 is 4.39 Å². The van der Waals surface area contributed by atoms with Crippen molar-refractivity contribution in [2.24, 2.45) is 11.7 Å². The number of aromatic nitrogens is 2. The van der Waals surface area contributed by atoms with Gasteiger partial charge in [0.05, 0.1) is 11.7 Å². The van der Waals surface area contributed by atoms with Gasteiger partial charge in [0.15, 0.2) is 0 Å². The third kappa shape index (κ3) is 3.31. The molecule has 1 atom stereocenters. The first kappa shape index (κ1) is 15.2. The van der Waals surface area contributed by atoms with E-state index in [1.54, 1.807) is 0 Å². The maximum absolute atomic E-state index is 14.5. The highest BCUT2D eigenvalue weighted by atomic mass is 19.1. The molecule has 0 aliphatic carbocycles. The largest absolute Gasteiger partial charge is 0.328 e. The van der Waals surface area contributed by atoms with Crippen LogP contribution in [0.4, 0.5) is 4.39 Å². The SMILES string of the molecule is CCC(CC)n1ccc(CC(F)(CN)C(C)C)n1. The molecule has 3 nitrogen and oxygen atoms in total. The van der Waals surface area contributed by atoms with Gasteiger partial charge in [-0.1, -0.05) is 27.7 Å². The molecule has 0 spiro atoms. The summed E-state index contributed by atoms with van der Waals surface area (Å²) in [4.78, 5) is 0. The molecule has 0 bridgehead atoms. The van der Waals surface area contributed by atoms with Gasteiger partial charge in [-0.05, 0) is 24.8 Å². The van der Waals surface area contributed by atoms with Crippen molar-refractivity contribution in [1.82, 2.24) is 9.78 Å². The van der Waals surface area contributed by atoms with E-state index in [4.69, 9.17) is 5.73 Å². The van der Waals surface area contributed by atoms with Gasteiger partial charge < -0.3 is 5.73 Å². The second kappa shape index (κ2) is 6.32. The van der Waals surface area contributed by atoms with Crippen LogP contribution in [0.3, 0.4) is 0 Å². The number of nitrogens with two attached hydrogens (primary N) is 1. The molecule has 104 valence electrons. The van der Waals surface area contributed by atoms with Crippen LogP contribution in [0.2, 0.25) is 0 Å². The maximum atomic E-state index is 14.5. The van der Waals surface area contributed by atoms with E-state index in [1.807, 2.05) is 30.8 Å². The predicted molar refractivity (Wildman–Crippen MR) is 73.3 cm³/mol. The van der Waals surface area contributed by atoms with Crippen molar-refractivity contribution in [3.05, 3.63) is 18.0 Å². The Morgan fingerprint density at radius 3 is 2.44 bits per heavy atom. The third-order valence-corrected chi connectivity index (χ3v) is 3.83. The Labute approximate surface area is 110 Å². The molecular formula is C14H26FN3. The van der Waals surface area contributed by atoms with Crippen LogP contribution in [0.5, 0.6) is 0 Å². The molecular weight excluding hydrogens is 229 g/mol. The number of hydrogen-bond acceptors (Lipinski definition) is 2. The third-order valence-electron chi connectivity index (χ3n) is 3.83. The number of rotatable bonds is 7. The van der Waals surface area contributed by atoms with Crippen LogP contribution in [0.15, 0.2) is 12.3 Å². The lowest BCUT2D eigenvalue weighted by molar-refractivity contribution is 0.109. The summed E-state index contributed by atoms with van der Waals surface area (Å²) < 4.78 is 16.5. The molecule has 0 radical (unpaired) electrons. The van der Waals surface area contributed by atoms with Crippen molar-refractivity contribution in [3.63, 3.8) is 0 Å². The van der Waals surface area contributed by atoms with Crippen molar-refractivity contribution in [2.45, 2.75) is 58.7 Å². The highest BCUT2D eigenvalue weighted by molar-refractivity contribution is 5.06. The van der Waals surface area contributed by atoms with Crippen LogP contribution in [0, 0.1) is 5.92 Å². The molecule has 1 heterocycles. The normalized spacial score (nSPS) is 15.3. The van der Waals surface area contributed by atoms with Crippen LogP contribution in [-0.4, -0.2) is 22.0 Å². The van der Waals surface area contributed by atoms with Crippen molar-refractivity contribution in [1.29, 1.82) is 0 Å². The summed E-state index contributed by atoms with van der Waals surface area (Å²) in [5.74, 6) is -0.0965. The fraction of sp³-hybridized carbons (Fsp3) is 0.786. The fourth-order valence-electron chi connectivity index (χ4n) is 2.15. The number of halogens is 1. The average molecular weight is 255 g/mol. The topological polar surface area (TPSA) is 43.8 Å². The lowest BCUT2D eigenvalue weighted by Crippen LogP contribution is -2.40. The number of nitrogens with zero attached hydrogens (tertiary/aromatic N) is 2. The summed E-state index contributed by atoms with van der Waals surface area (Å²) >= 11 is 0. The molecule has 1 aromatic rings. The van der Waals surface area contributed by atoms with Crippen LogP contribution < -0.4 is 5.73 Å². The Balaban J connectivity index is 2.80. The van der Waals surface area contributed by atoms with Crippen LogP contribution in [-0.2, 0) is 6.42 Å². The molecule has 0 saturated carbocycles. The minimum absolute atomic E-state index is 0.0442. The minimum Gasteiger partial charge on any atom is -0.328 e. The zero-order valence-corrected chi connectivity index (χ0v) is 12.0. The molecule has 4 heteroatoms. The van der Waals surface area contributed by atoms with Gasteiger partial charge in [0, 0.05) is 19.2 Å². The fourth-order valence-corrected chi connectivity index (χ4v) is 2.15. The second-order valence-corrected chi connectivity index (χ2v) is 5.33. The molecule has 0 aliphatic rings. The zero-order valence-electron chi connectivity index (χ0n) is 12.0. The molecule has 2 N–H and O–H groups in total. The van der Waals surface area contributed by atoms with E-state index >= 15 is 0 Å². The maximum Gasteiger partial charge on any atom is 0.131 e. The quantitative estimate of drug-likeness (QED) is 0.813. The first-order chi connectivity index (χ1) is 8.46.